The minimum Gasteiger partial charge on any atom is -0.394 e. The van der Waals surface area contributed by atoms with Crippen LogP contribution in [0, 0.1) is 5.92 Å². The quantitative estimate of drug-likeness (QED) is 0.699. The van der Waals surface area contributed by atoms with Gasteiger partial charge in [0, 0.05) is 19.3 Å². The summed E-state index contributed by atoms with van der Waals surface area (Å²) in [7, 11) is 0. The fourth-order valence-corrected chi connectivity index (χ4v) is 2.20. The normalized spacial score (nSPS) is 31.9. The summed E-state index contributed by atoms with van der Waals surface area (Å²) in [6.07, 6.45) is -0.264. The van der Waals surface area contributed by atoms with Crippen LogP contribution in [0.2, 0.25) is 0 Å². The Labute approximate surface area is 87.1 Å². The lowest BCUT2D eigenvalue weighted by molar-refractivity contribution is -0.146. The zero-order valence-corrected chi connectivity index (χ0v) is 8.36. The zero-order chi connectivity index (χ0) is 11.0. The summed E-state index contributed by atoms with van der Waals surface area (Å²) in [5.41, 5.74) is 0. The van der Waals surface area contributed by atoms with Gasteiger partial charge < -0.3 is 10.0 Å². The number of hydrogen-bond donors (Lipinski definition) is 1. The summed E-state index contributed by atoms with van der Waals surface area (Å²) in [4.78, 5) is 23.9. The molecule has 84 valence electrons. The zero-order valence-electron chi connectivity index (χ0n) is 8.36. The Morgan fingerprint density at radius 3 is 2.73 bits per heavy atom. The highest BCUT2D eigenvalue weighted by Gasteiger charge is 2.41. The van der Waals surface area contributed by atoms with E-state index in [0.717, 1.165) is 0 Å². The molecule has 4 nitrogen and oxygen atoms in total. The highest BCUT2D eigenvalue weighted by Crippen LogP contribution is 2.29. The maximum atomic E-state index is 13.1. The van der Waals surface area contributed by atoms with Gasteiger partial charge in [0.2, 0.25) is 5.91 Å². The van der Waals surface area contributed by atoms with Gasteiger partial charge in [0.15, 0.2) is 0 Å². The predicted molar refractivity (Wildman–Crippen MR) is 49.8 cm³/mol. The smallest absolute Gasteiger partial charge is 0.227 e. The van der Waals surface area contributed by atoms with Crippen LogP contribution < -0.4 is 0 Å². The fraction of sp³-hybridized carbons (Fsp3) is 0.800. The van der Waals surface area contributed by atoms with Crippen LogP contribution in [0.15, 0.2) is 0 Å². The molecule has 1 saturated carbocycles. The number of nitrogens with zero attached hydrogens (tertiary/aromatic N) is 1. The van der Waals surface area contributed by atoms with Crippen molar-refractivity contribution >= 4 is 11.7 Å². The number of carbonyl (C=O) groups excluding carboxylic acids is 2. The number of aliphatic hydroxyl groups is 1. The van der Waals surface area contributed by atoms with E-state index in [-0.39, 0.29) is 50.0 Å². The lowest BCUT2D eigenvalue weighted by atomic mass is 9.83. The number of carbonyl (C=O) groups is 2. The van der Waals surface area contributed by atoms with Gasteiger partial charge in [0.05, 0.1) is 25.1 Å². The summed E-state index contributed by atoms with van der Waals surface area (Å²) in [6, 6.07) is -0.400. The largest absolute Gasteiger partial charge is 0.394 e. The summed E-state index contributed by atoms with van der Waals surface area (Å²) >= 11 is 0. The highest BCUT2D eigenvalue weighted by atomic mass is 19.1. The van der Waals surface area contributed by atoms with Crippen LogP contribution >= 0.6 is 0 Å². The van der Waals surface area contributed by atoms with Crippen molar-refractivity contribution in [1.29, 1.82) is 0 Å². The minimum absolute atomic E-state index is 0.0642. The second kappa shape index (κ2) is 3.89. The average Bonchev–Trinajstić information content (AvgIpc) is 2.53. The standard InChI is InChI=1S/C10H14FNO3/c11-7-3-8(5-13)12(4-7)10(15)6-1-9(14)2-6/h6-8,13H,1-5H2/t7-,8-/m0/s1. The van der Waals surface area contributed by atoms with Crippen molar-refractivity contribution in [2.45, 2.75) is 31.5 Å². The Bertz CT molecular complexity index is 286. The molecule has 1 saturated heterocycles. The van der Waals surface area contributed by atoms with Gasteiger partial charge in [-0.3, -0.25) is 9.59 Å². The first-order valence-electron chi connectivity index (χ1n) is 5.19. The molecule has 2 atom stereocenters. The Morgan fingerprint density at radius 2 is 2.20 bits per heavy atom. The number of alkyl halides is 1. The molecule has 0 unspecified atom stereocenters. The minimum atomic E-state index is -1.04. The number of likely N-dealkylation sites (tertiary alicyclic amines) is 1. The Morgan fingerprint density at radius 1 is 1.53 bits per heavy atom. The summed E-state index contributed by atoms with van der Waals surface area (Å²) in [6.45, 7) is -0.137. The number of Topliss-reactive ketones (excluding diaryl/α,β-unsaturated/α-hetero) is 1. The topological polar surface area (TPSA) is 57.6 Å². The van der Waals surface area contributed by atoms with Crippen LogP contribution in [0.25, 0.3) is 0 Å². The number of ketones is 1. The van der Waals surface area contributed by atoms with Gasteiger partial charge in [-0.25, -0.2) is 4.39 Å². The molecule has 2 aliphatic rings. The highest BCUT2D eigenvalue weighted by molar-refractivity contribution is 5.96. The Balaban J connectivity index is 1.97. The number of aliphatic hydroxyl groups excluding tert-OH is 1. The van der Waals surface area contributed by atoms with E-state index in [4.69, 9.17) is 5.11 Å². The second-order valence-corrected chi connectivity index (χ2v) is 4.30. The molecular weight excluding hydrogens is 201 g/mol. The third kappa shape index (κ3) is 1.88. The van der Waals surface area contributed by atoms with Gasteiger partial charge in [-0.1, -0.05) is 0 Å². The number of hydrogen-bond acceptors (Lipinski definition) is 3. The van der Waals surface area contributed by atoms with Crippen LogP contribution in [0.5, 0.6) is 0 Å². The van der Waals surface area contributed by atoms with Crippen LogP contribution in [0.4, 0.5) is 4.39 Å². The molecule has 0 aromatic heterocycles. The molecule has 15 heavy (non-hydrogen) atoms. The summed E-state index contributed by atoms with van der Waals surface area (Å²) in [5, 5.41) is 9.00. The molecule has 0 bridgehead atoms. The molecule has 2 rings (SSSR count). The number of rotatable bonds is 2. The Hall–Kier alpha value is -0.970. The molecule has 0 aromatic rings. The molecule has 0 aromatic carbocycles. The predicted octanol–water partition coefficient (Wildman–Crippen LogP) is -0.103. The van der Waals surface area contributed by atoms with Crippen LogP contribution in [0.1, 0.15) is 19.3 Å². The average molecular weight is 215 g/mol. The van der Waals surface area contributed by atoms with E-state index in [1.165, 1.54) is 4.90 Å². The van der Waals surface area contributed by atoms with Crippen molar-refractivity contribution < 1.29 is 19.1 Å². The second-order valence-electron chi connectivity index (χ2n) is 4.30. The number of amides is 1. The van der Waals surface area contributed by atoms with E-state index >= 15 is 0 Å². The molecule has 1 aliphatic carbocycles. The van der Waals surface area contributed by atoms with Gasteiger partial charge in [-0.2, -0.15) is 0 Å². The molecular formula is C10H14FNO3. The molecule has 0 spiro atoms. The third-order valence-corrected chi connectivity index (χ3v) is 3.15. The molecule has 0 radical (unpaired) electrons. The van der Waals surface area contributed by atoms with Crippen LogP contribution in [0.3, 0.4) is 0 Å². The molecule has 2 fully saturated rings. The van der Waals surface area contributed by atoms with Gasteiger partial charge in [0.1, 0.15) is 12.0 Å². The first kappa shape index (κ1) is 10.5. The van der Waals surface area contributed by atoms with Crippen LogP contribution in [-0.2, 0) is 9.59 Å². The lowest BCUT2D eigenvalue weighted by Crippen LogP contribution is -2.45. The van der Waals surface area contributed by atoms with Gasteiger partial charge >= 0.3 is 0 Å². The van der Waals surface area contributed by atoms with E-state index in [1.807, 2.05) is 0 Å². The van der Waals surface area contributed by atoms with E-state index < -0.39 is 12.2 Å². The summed E-state index contributed by atoms with van der Waals surface area (Å²) in [5.74, 6) is -0.351. The Kier molecular flexibility index (Phi) is 2.73. The van der Waals surface area contributed by atoms with E-state index in [1.54, 1.807) is 0 Å². The molecule has 5 heteroatoms. The van der Waals surface area contributed by atoms with E-state index in [9.17, 15) is 14.0 Å². The number of halogens is 1. The van der Waals surface area contributed by atoms with Crippen molar-refractivity contribution in [3.63, 3.8) is 0 Å². The van der Waals surface area contributed by atoms with E-state index in [0.29, 0.717) is 0 Å². The monoisotopic (exact) mass is 215 g/mol. The van der Waals surface area contributed by atoms with Crippen molar-refractivity contribution in [1.82, 2.24) is 4.90 Å². The maximum Gasteiger partial charge on any atom is 0.227 e. The van der Waals surface area contributed by atoms with Crippen molar-refractivity contribution in [3.05, 3.63) is 0 Å². The third-order valence-electron chi connectivity index (χ3n) is 3.15. The lowest BCUT2D eigenvalue weighted by Gasteiger charge is -2.31. The van der Waals surface area contributed by atoms with Crippen molar-refractivity contribution in [2.24, 2.45) is 5.92 Å². The first-order chi connectivity index (χ1) is 7.11. The molecule has 1 aliphatic heterocycles. The SMILES string of the molecule is O=C1CC(C(=O)N2C[C@@H](F)C[C@H]2CO)C1. The van der Waals surface area contributed by atoms with Crippen LogP contribution in [-0.4, -0.2) is 47.1 Å². The van der Waals surface area contributed by atoms with Gasteiger partial charge in [0.25, 0.3) is 0 Å². The molecule has 1 heterocycles. The van der Waals surface area contributed by atoms with Crippen molar-refractivity contribution in [2.75, 3.05) is 13.2 Å². The van der Waals surface area contributed by atoms with Gasteiger partial charge in [-0.15, -0.1) is 0 Å². The molecule has 1 N–H and O–H groups in total. The van der Waals surface area contributed by atoms with Gasteiger partial charge in [-0.05, 0) is 0 Å². The van der Waals surface area contributed by atoms with Crippen molar-refractivity contribution in [3.8, 4) is 0 Å². The summed E-state index contributed by atoms with van der Waals surface area (Å²) < 4.78 is 13.1. The first-order valence-corrected chi connectivity index (χ1v) is 5.19. The van der Waals surface area contributed by atoms with E-state index in [2.05, 4.69) is 0 Å². The molecule has 1 amide bonds. The maximum absolute atomic E-state index is 13.1. The fourth-order valence-electron chi connectivity index (χ4n) is 2.20.